The largest absolute Gasteiger partial charge is 0.289 e. The molecule has 1 aromatic carbocycles. The molecule has 2 amide bonds. The normalized spacial score (nSPS) is 14.5. The van der Waals surface area contributed by atoms with Gasteiger partial charge in [0.15, 0.2) is 0 Å². The standard InChI is InChI=1S/C10H5ClN2O4/c11-8-3-5(13(16)17)1-2-6(8)7-4-9(14)12-10(7)15/h1-4H,(H,12,14,15). The molecule has 0 bridgehead atoms. The third kappa shape index (κ3) is 2.02. The lowest BCUT2D eigenvalue weighted by Gasteiger charge is -2.02. The Balaban J connectivity index is 2.48. The molecular weight excluding hydrogens is 248 g/mol. The van der Waals surface area contributed by atoms with Crippen molar-refractivity contribution in [3.63, 3.8) is 0 Å². The van der Waals surface area contributed by atoms with Gasteiger partial charge >= 0.3 is 0 Å². The molecular formula is C10H5ClN2O4. The van der Waals surface area contributed by atoms with Gasteiger partial charge in [-0.1, -0.05) is 11.6 Å². The summed E-state index contributed by atoms with van der Waals surface area (Å²) in [5.74, 6) is -1.09. The number of nitro groups is 1. The number of carbonyl (C=O) groups is 2. The molecule has 0 atom stereocenters. The molecule has 17 heavy (non-hydrogen) atoms. The zero-order valence-corrected chi connectivity index (χ0v) is 9.02. The zero-order chi connectivity index (χ0) is 12.6. The number of halogens is 1. The third-order valence-corrected chi connectivity index (χ3v) is 2.52. The van der Waals surface area contributed by atoms with Gasteiger partial charge in [-0.3, -0.25) is 25.0 Å². The van der Waals surface area contributed by atoms with Crippen molar-refractivity contribution in [3.05, 3.63) is 45.0 Å². The number of imide groups is 1. The fraction of sp³-hybridized carbons (Fsp3) is 0. The van der Waals surface area contributed by atoms with E-state index in [9.17, 15) is 19.7 Å². The predicted octanol–water partition coefficient (Wildman–Crippen LogP) is 1.29. The van der Waals surface area contributed by atoms with Crippen LogP contribution in [-0.2, 0) is 9.59 Å². The van der Waals surface area contributed by atoms with Crippen LogP contribution in [0.4, 0.5) is 5.69 Å². The number of carbonyl (C=O) groups excluding carboxylic acids is 2. The summed E-state index contributed by atoms with van der Waals surface area (Å²) in [6, 6.07) is 3.69. The number of nitrogens with one attached hydrogen (secondary N) is 1. The van der Waals surface area contributed by atoms with Crippen LogP contribution in [0.2, 0.25) is 5.02 Å². The molecule has 1 N–H and O–H groups in total. The van der Waals surface area contributed by atoms with Crippen LogP contribution < -0.4 is 5.32 Å². The summed E-state index contributed by atoms with van der Waals surface area (Å²) in [5, 5.41) is 12.6. The molecule has 0 aliphatic carbocycles. The quantitative estimate of drug-likeness (QED) is 0.488. The van der Waals surface area contributed by atoms with Gasteiger partial charge in [0.2, 0.25) is 0 Å². The smallest absolute Gasteiger partial charge is 0.270 e. The summed E-state index contributed by atoms with van der Waals surface area (Å²) < 4.78 is 0. The highest BCUT2D eigenvalue weighted by Crippen LogP contribution is 2.29. The van der Waals surface area contributed by atoms with Gasteiger partial charge < -0.3 is 0 Å². The minimum Gasteiger partial charge on any atom is -0.289 e. The van der Waals surface area contributed by atoms with Crippen LogP contribution >= 0.6 is 11.6 Å². The van der Waals surface area contributed by atoms with E-state index in [1.54, 1.807) is 0 Å². The van der Waals surface area contributed by atoms with Crippen molar-refractivity contribution < 1.29 is 14.5 Å². The number of amides is 2. The maximum absolute atomic E-state index is 11.4. The van der Waals surface area contributed by atoms with Crippen LogP contribution in [0.1, 0.15) is 5.56 Å². The molecule has 1 aromatic rings. The van der Waals surface area contributed by atoms with E-state index in [-0.39, 0.29) is 16.3 Å². The third-order valence-electron chi connectivity index (χ3n) is 2.21. The molecule has 0 radical (unpaired) electrons. The van der Waals surface area contributed by atoms with E-state index < -0.39 is 16.7 Å². The van der Waals surface area contributed by atoms with E-state index in [1.807, 2.05) is 0 Å². The van der Waals surface area contributed by atoms with Gasteiger partial charge in [0.1, 0.15) is 0 Å². The number of nitrogens with zero attached hydrogens (tertiary/aromatic N) is 1. The average Bonchev–Trinajstić information content (AvgIpc) is 2.57. The van der Waals surface area contributed by atoms with Crippen LogP contribution in [0, 0.1) is 10.1 Å². The molecule has 1 heterocycles. The highest BCUT2D eigenvalue weighted by atomic mass is 35.5. The van der Waals surface area contributed by atoms with Crippen molar-refractivity contribution in [1.29, 1.82) is 0 Å². The van der Waals surface area contributed by atoms with E-state index in [1.165, 1.54) is 12.1 Å². The second-order valence-corrected chi connectivity index (χ2v) is 3.70. The van der Waals surface area contributed by atoms with Gasteiger partial charge in [0.25, 0.3) is 17.5 Å². The van der Waals surface area contributed by atoms with Crippen LogP contribution in [0.5, 0.6) is 0 Å². The lowest BCUT2D eigenvalue weighted by molar-refractivity contribution is -0.384. The molecule has 0 saturated heterocycles. The Morgan fingerprint density at radius 2 is 2.00 bits per heavy atom. The molecule has 0 spiro atoms. The van der Waals surface area contributed by atoms with Gasteiger partial charge in [-0.15, -0.1) is 0 Å². The topological polar surface area (TPSA) is 89.3 Å². The molecule has 6 nitrogen and oxygen atoms in total. The maximum atomic E-state index is 11.4. The monoisotopic (exact) mass is 252 g/mol. The lowest BCUT2D eigenvalue weighted by atomic mass is 10.1. The number of hydrogen-bond donors (Lipinski definition) is 1. The van der Waals surface area contributed by atoms with Crippen molar-refractivity contribution in [1.82, 2.24) is 5.32 Å². The molecule has 1 aliphatic rings. The van der Waals surface area contributed by atoms with Gasteiger partial charge in [0, 0.05) is 23.8 Å². The zero-order valence-electron chi connectivity index (χ0n) is 8.27. The SMILES string of the molecule is O=C1C=C(c2ccc([N+](=O)[O-])cc2Cl)C(=O)N1. The van der Waals surface area contributed by atoms with Crippen LogP contribution in [0.3, 0.4) is 0 Å². The number of benzene rings is 1. The van der Waals surface area contributed by atoms with Gasteiger partial charge in [-0.2, -0.15) is 0 Å². The van der Waals surface area contributed by atoms with Crippen LogP contribution in [0.15, 0.2) is 24.3 Å². The first-order valence-corrected chi connectivity index (χ1v) is 4.88. The highest BCUT2D eigenvalue weighted by molar-refractivity contribution is 6.39. The number of nitro benzene ring substituents is 1. The molecule has 0 fully saturated rings. The highest BCUT2D eigenvalue weighted by Gasteiger charge is 2.24. The van der Waals surface area contributed by atoms with E-state index in [0.29, 0.717) is 5.56 Å². The molecule has 86 valence electrons. The van der Waals surface area contributed by atoms with Gasteiger partial charge in [0.05, 0.1) is 15.5 Å². The Morgan fingerprint density at radius 3 is 2.47 bits per heavy atom. The first-order chi connectivity index (χ1) is 7.99. The predicted molar refractivity (Wildman–Crippen MR) is 59.2 cm³/mol. The molecule has 0 unspecified atom stereocenters. The first kappa shape index (κ1) is 11.3. The first-order valence-electron chi connectivity index (χ1n) is 4.50. The maximum Gasteiger partial charge on any atom is 0.270 e. The Morgan fingerprint density at radius 1 is 1.29 bits per heavy atom. The fourth-order valence-corrected chi connectivity index (χ4v) is 1.72. The Bertz CT molecular complexity index is 580. The minimum absolute atomic E-state index is 0.0512. The summed E-state index contributed by atoms with van der Waals surface area (Å²) in [6.07, 6.45) is 1.11. The summed E-state index contributed by atoms with van der Waals surface area (Å²) in [6.45, 7) is 0. The fourth-order valence-electron chi connectivity index (χ4n) is 1.45. The van der Waals surface area contributed by atoms with Crippen LogP contribution in [-0.4, -0.2) is 16.7 Å². The molecule has 0 saturated carbocycles. The Hall–Kier alpha value is -2.21. The molecule has 7 heteroatoms. The molecule has 1 aliphatic heterocycles. The number of non-ortho nitro benzene ring substituents is 1. The van der Waals surface area contributed by atoms with E-state index in [0.717, 1.165) is 12.1 Å². The van der Waals surface area contributed by atoms with Crippen LogP contribution in [0.25, 0.3) is 5.57 Å². The molecule has 0 aromatic heterocycles. The minimum atomic E-state index is -0.593. The van der Waals surface area contributed by atoms with Gasteiger partial charge in [-0.05, 0) is 6.07 Å². The van der Waals surface area contributed by atoms with E-state index in [2.05, 4.69) is 5.32 Å². The van der Waals surface area contributed by atoms with Crippen molar-refractivity contribution >= 4 is 34.7 Å². The second-order valence-electron chi connectivity index (χ2n) is 3.30. The van der Waals surface area contributed by atoms with E-state index >= 15 is 0 Å². The number of hydrogen-bond acceptors (Lipinski definition) is 4. The van der Waals surface area contributed by atoms with Crippen molar-refractivity contribution in [2.45, 2.75) is 0 Å². The lowest BCUT2D eigenvalue weighted by Crippen LogP contribution is -2.21. The summed E-state index contributed by atoms with van der Waals surface area (Å²) >= 11 is 5.83. The average molecular weight is 253 g/mol. The molecule has 2 rings (SSSR count). The summed E-state index contributed by atoms with van der Waals surface area (Å²) in [4.78, 5) is 32.2. The number of rotatable bonds is 2. The van der Waals surface area contributed by atoms with Crippen molar-refractivity contribution in [3.8, 4) is 0 Å². The summed E-state index contributed by atoms with van der Waals surface area (Å²) in [7, 11) is 0. The second kappa shape index (κ2) is 3.99. The van der Waals surface area contributed by atoms with Crippen molar-refractivity contribution in [2.75, 3.05) is 0 Å². The van der Waals surface area contributed by atoms with Crippen molar-refractivity contribution in [2.24, 2.45) is 0 Å². The Labute approximate surface area is 100 Å². The van der Waals surface area contributed by atoms with E-state index in [4.69, 9.17) is 11.6 Å². The summed E-state index contributed by atoms with van der Waals surface area (Å²) in [5.41, 5.74) is 0.222. The van der Waals surface area contributed by atoms with Gasteiger partial charge in [-0.25, -0.2) is 0 Å². The Kier molecular flexibility index (Phi) is 2.64.